The van der Waals surface area contributed by atoms with Gasteiger partial charge in [-0.25, -0.2) is 0 Å². The van der Waals surface area contributed by atoms with Crippen LogP contribution in [0.4, 0.5) is 5.69 Å². The summed E-state index contributed by atoms with van der Waals surface area (Å²) in [4.78, 5) is 4.43. The maximum Gasteiger partial charge on any atom is 0.0640 e. The first-order chi connectivity index (χ1) is 8.16. The molecule has 2 rings (SSSR count). The van der Waals surface area contributed by atoms with E-state index in [0.29, 0.717) is 0 Å². The molecule has 17 heavy (non-hydrogen) atoms. The van der Waals surface area contributed by atoms with Crippen LogP contribution in [0.15, 0.2) is 47.5 Å². The molecular weight excluding hydrogens is 345 g/mol. The van der Waals surface area contributed by atoms with Crippen molar-refractivity contribution in [3.05, 3.63) is 62.2 Å². The van der Waals surface area contributed by atoms with Crippen LogP contribution >= 0.6 is 34.2 Å². The third kappa shape index (κ3) is 3.30. The molecule has 0 bridgehead atoms. The second kappa shape index (κ2) is 5.65. The van der Waals surface area contributed by atoms with Gasteiger partial charge in [-0.05, 0) is 53.3 Å². The van der Waals surface area contributed by atoms with Crippen LogP contribution in [0.2, 0.25) is 5.02 Å². The molecule has 2 aromatic rings. The normalized spacial score (nSPS) is 11.0. The monoisotopic (exact) mass is 355 g/mol. The topological polar surface area (TPSA) is 12.4 Å². The van der Waals surface area contributed by atoms with Gasteiger partial charge in [0.15, 0.2) is 0 Å². The number of hydrogen-bond acceptors (Lipinski definition) is 1. The molecule has 86 valence electrons. The lowest BCUT2D eigenvalue weighted by atomic mass is 10.2. The molecular formula is C14H11ClIN. The molecule has 0 N–H and O–H groups in total. The Balaban J connectivity index is 2.26. The molecule has 0 unspecified atom stereocenters. The maximum absolute atomic E-state index is 6.05. The molecule has 0 amide bonds. The Labute approximate surface area is 120 Å². The van der Waals surface area contributed by atoms with Crippen LogP contribution in [-0.2, 0) is 0 Å². The van der Waals surface area contributed by atoms with Gasteiger partial charge in [-0.3, -0.25) is 4.99 Å². The fourth-order valence-electron chi connectivity index (χ4n) is 1.39. The van der Waals surface area contributed by atoms with Crippen molar-refractivity contribution in [1.29, 1.82) is 0 Å². The van der Waals surface area contributed by atoms with Gasteiger partial charge in [0.05, 0.1) is 5.69 Å². The van der Waals surface area contributed by atoms with E-state index in [1.165, 1.54) is 9.13 Å². The number of aryl methyl sites for hydroxylation is 1. The largest absolute Gasteiger partial charge is 0.256 e. The van der Waals surface area contributed by atoms with Crippen molar-refractivity contribution in [3.8, 4) is 0 Å². The molecule has 1 nitrogen and oxygen atoms in total. The molecule has 0 radical (unpaired) electrons. The third-order valence-corrected chi connectivity index (χ3v) is 3.92. The van der Waals surface area contributed by atoms with Crippen LogP contribution in [0, 0.1) is 10.5 Å². The van der Waals surface area contributed by atoms with E-state index in [0.717, 1.165) is 16.3 Å². The average Bonchev–Trinajstić information content (AvgIpc) is 2.32. The van der Waals surface area contributed by atoms with Gasteiger partial charge in [0.25, 0.3) is 0 Å². The molecule has 0 atom stereocenters. The van der Waals surface area contributed by atoms with Crippen LogP contribution in [-0.4, -0.2) is 6.21 Å². The smallest absolute Gasteiger partial charge is 0.0640 e. The highest BCUT2D eigenvalue weighted by Gasteiger charge is 1.97. The Bertz CT molecular complexity index is 564. The first kappa shape index (κ1) is 12.6. The van der Waals surface area contributed by atoms with Gasteiger partial charge in [-0.2, -0.15) is 0 Å². The Morgan fingerprint density at radius 1 is 1.18 bits per heavy atom. The summed E-state index contributed by atoms with van der Waals surface area (Å²) in [5, 5.41) is 0.720. The Kier molecular flexibility index (Phi) is 4.18. The average molecular weight is 356 g/mol. The Morgan fingerprint density at radius 3 is 2.65 bits per heavy atom. The van der Waals surface area contributed by atoms with Gasteiger partial charge in [0.2, 0.25) is 0 Å². The van der Waals surface area contributed by atoms with E-state index in [4.69, 9.17) is 11.6 Å². The van der Waals surface area contributed by atoms with E-state index < -0.39 is 0 Å². The van der Waals surface area contributed by atoms with Gasteiger partial charge >= 0.3 is 0 Å². The fourth-order valence-corrected chi connectivity index (χ4v) is 2.07. The fraction of sp³-hybridized carbons (Fsp3) is 0.0714. The first-order valence-corrected chi connectivity index (χ1v) is 6.67. The molecule has 2 aromatic carbocycles. The predicted octanol–water partition coefficient (Wildman–Crippen LogP) is 5.00. The number of benzene rings is 2. The van der Waals surface area contributed by atoms with Gasteiger partial charge < -0.3 is 0 Å². The van der Waals surface area contributed by atoms with E-state index in [9.17, 15) is 0 Å². The molecule has 0 aromatic heterocycles. The summed E-state index contributed by atoms with van der Waals surface area (Å²) in [7, 11) is 0. The van der Waals surface area contributed by atoms with Crippen LogP contribution in [0.3, 0.4) is 0 Å². The van der Waals surface area contributed by atoms with E-state index in [1.807, 2.05) is 30.3 Å². The van der Waals surface area contributed by atoms with Crippen molar-refractivity contribution in [2.45, 2.75) is 6.92 Å². The quantitative estimate of drug-likeness (QED) is 0.531. The highest BCUT2D eigenvalue weighted by molar-refractivity contribution is 14.1. The zero-order valence-electron chi connectivity index (χ0n) is 9.32. The van der Waals surface area contributed by atoms with Crippen molar-refractivity contribution < 1.29 is 0 Å². The summed E-state index contributed by atoms with van der Waals surface area (Å²) in [6, 6.07) is 13.8. The summed E-state index contributed by atoms with van der Waals surface area (Å²) in [6.07, 6.45) is 1.79. The zero-order valence-corrected chi connectivity index (χ0v) is 12.2. The second-order valence-corrected chi connectivity index (χ2v) is 5.28. The highest BCUT2D eigenvalue weighted by atomic mass is 127. The minimum absolute atomic E-state index is 0.720. The second-order valence-electron chi connectivity index (χ2n) is 3.71. The highest BCUT2D eigenvalue weighted by Crippen LogP contribution is 2.20. The van der Waals surface area contributed by atoms with E-state index in [-0.39, 0.29) is 0 Å². The molecule has 3 heteroatoms. The van der Waals surface area contributed by atoms with Crippen LogP contribution < -0.4 is 0 Å². The first-order valence-electron chi connectivity index (χ1n) is 5.21. The lowest BCUT2D eigenvalue weighted by Crippen LogP contribution is -1.82. The summed E-state index contributed by atoms with van der Waals surface area (Å²) >= 11 is 8.37. The minimum Gasteiger partial charge on any atom is -0.256 e. The lowest BCUT2D eigenvalue weighted by Gasteiger charge is -2.00. The van der Waals surface area contributed by atoms with Crippen molar-refractivity contribution in [3.63, 3.8) is 0 Å². The molecule has 0 spiro atoms. The predicted molar refractivity (Wildman–Crippen MR) is 82.6 cm³/mol. The van der Waals surface area contributed by atoms with Crippen LogP contribution in [0.5, 0.6) is 0 Å². The summed E-state index contributed by atoms with van der Waals surface area (Å²) < 4.78 is 1.22. The van der Waals surface area contributed by atoms with Crippen molar-refractivity contribution >= 4 is 46.1 Å². The van der Waals surface area contributed by atoms with Crippen molar-refractivity contribution in [2.24, 2.45) is 4.99 Å². The summed E-state index contributed by atoms with van der Waals surface area (Å²) in [6.45, 7) is 2.09. The molecule has 0 aliphatic rings. The van der Waals surface area contributed by atoms with Gasteiger partial charge in [0, 0.05) is 20.4 Å². The van der Waals surface area contributed by atoms with E-state index in [2.05, 4.69) is 46.6 Å². The lowest BCUT2D eigenvalue weighted by molar-refractivity contribution is 1.40. The standard InChI is InChI=1S/C14H11ClIN/c1-10-6-7-12(8-14(10)16)17-9-11-4-2-3-5-13(11)15/h2-9H,1H3. The van der Waals surface area contributed by atoms with Crippen molar-refractivity contribution in [2.75, 3.05) is 0 Å². The molecule has 0 saturated carbocycles. The summed E-state index contributed by atoms with van der Waals surface area (Å²) in [5.74, 6) is 0. The van der Waals surface area contributed by atoms with Gasteiger partial charge in [0.1, 0.15) is 0 Å². The SMILES string of the molecule is Cc1ccc(N=Cc2ccccc2Cl)cc1I. The van der Waals surface area contributed by atoms with Gasteiger partial charge in [-0.1, -0.05) is 35.9 Å². The molecule has 0 aliphatic carbocycles. The minimum atomic E-state index is 0.720. The van der Waals surface area contributed by atoms with Crippen molar-refractivity contribution in [1.82, 2.24) is 0 Å². The summed E-state index contributed by atoms with van der Waals surface area (Å²) in [5.41, 5.74) is 3.15. The maximum atomic E-state index is 6.05. The number of hydrogen-bond donors (Lipinski definition) is 0. The Morgan fingerprint density at radius 2 is 1.94 bits per heavy atom. The third-order valence-electron chi connectivity index (χ3n) is 2.41. The number of aliphatic imine (C=N–C) groups is 1. The van der Waals surface area contributed by atoms with Crippen LogP contribution in [0.25, 0.3) is 0 Å². The van der Waals surface area contributed by atoms with E-state index in [1.54, 1.807) is 6.21 Å². The number of rotatable bonds is 2. The Hall–Kier alpha value is -0.870. The number of nitrogens with zero attached hydrogens (tertiary/aromatic N) is 1. The number of halogens is 2. The zero-order chi connectivity index (χ0) is 12.3. The molecule has 0 saturated heterocycles. The van der Waals surface area contributed by atoms with E-state index >= 15 is 0 Å². The molecule has 0 heterocycles. The molecule has 0 aliphatic heterocycles. The molecule has 0 fully saturated rings. The van der Waals surface area contributed by atoms with Gasteiger partial charge in [-0.15, -0.1) is 0 Å². The van der Waals surface area contributed by atoms with Crippen LogP contribution in [0.1, 0.15) is 11.1 Å².